The van der Waals surface area contributed by atoms with Gasteiger partial charge in [0.25, 0.3) is 0 Å². The lowest BCUT2D eigenvalue weighted by atomic mass is 9.84. The number of ether oxygens (including phenoxy) is 1. The van der Waals surface area contributed by atoms with E-state index in [0.29, 0.717) is 6.61 Å². The number of rotatable bonds is 6. The minimum Gasteiger partial charge on any atom is -0.481 e. The van der Waals surface area contributed by atoms with Gasteiger partial charge in [0.2, 0.25) is 0 Å². The Morgan fingerprint density at radius 3 is 2.14 bits per heavy atom. The molecule has 4 heteroatoms. The highest BCUT2D eigenvalue weighted by Crippen LogP contribution is 2.21. The van der Waals surface area contributed by atoms with Crippen LogP contribution in [-0.4, -0.2) is 36.0 Å². The third-order valence-corrected chi connectivity index (χ3v) is 2.38. The van der Waals surface area contributed by atoms with Crippen LogP contribution in [0.4, 0.5) is 0 Å². The Balaban J connectivity index is 4.42. The highest BCUT2D eigenvalue weighted by molar-refractivity contribution is 5.71. The summed E-state index contributed by atoms with van der Waals surface area (Å²) < 4.78 is 4.88. The average molecular weight is 204 g/mol. The normalized spacial score (nSPS) is 17.9. The quantitative estimate of drug-likeness (QED) is 0.677. The first-order valence-corrected chi connectivity index (χ1v) is 4.81. The number of hydrogen-bond donors (Lipinski definition) is 2. The average Bonchev–Trinajstić information content (AvgIpc) is 2.03. The predicted octanol–water partition coefficient (Wildman–Crippen LogP) is 0.987. The Hall–Kier alpha value is -0.610. The Labute approximate surface area is 84.9 Å². The summed E-state index contributed by atoms with van der Waals surface area (Å²) in [4.78, 5) is 10.9. The molecule has 0 aromatic rings. The fourth-order valence-electron chi connectivity index (χ4n) is 1.54. The maximum absolute atomic E-state index is 10.9. The van der Waals surface area contributed by atoms with Gasteiger partial charge in [0.05, 0.1) is 18.6 Å². The van der Waals surface area contributed by atoms with Crippen molar-refractivity contribution in [2.45, 2.75) is 26.9 Å². The summed E-state index contributed by atoms with van der Waals surface area (Å²) in [6, 6.07) is 0. The molecule has 2 N–H and O–H groups in total. The number of carboxylic acids is 1. The van der Waals surface area contributed by atoms with Crippen molar-refractivity contribution in [3.8, 4) is 0 Å². The van der Waals surface area contributed by atoms with Crippen molar-refractivity contribution in [2.75, 3.05) is 13.7 Å². The molecule has 0 aliphatic heterocycles. The van der Waals surface area contributed by atoms with Gasteiger partial charge in [-0.05, 0) is 5.92 Å². The Morgan fingerprint density at radius 2 is 1.86 bits per heavy atom. The molecular formula is C10H20O4. The van der Waals surface area contributed by atoms with Gasteiger partial charge in [-0.2, -0.15) is 0 Å². The lowest BCUT2D eigenvalue weighted by Crippen LogP contribution is -2.38. The first-order valence-electron chi connectivity index (χ1n) is 4.81. The van der Waals surface area contributed by atoms with E-state index in [1.165, 1.54) is 7.11 Å². The van der Waals surface area contributed by atoms with E-state index in [2.05, 4.69) is 0 Å². The summed E-state index contributed by atoms with van der Waals surface area (Å²) in [5.41, 5.74) is 0. The smallest absolute Gasteiger partial charge is 0.309 e. The molecule has 0 bridgehead atoms. The van der Waals surface area contributed by atoms with E-state index in [1.54, 1.807) is 20.8 Å². The Bertz CT molecular complexity index is 179. The fourth-order valence-corrected chi connectivity index (χ4v) is 1.54. The van der Waals surface area contributed by atoms with Gasteiger partial charge in [0, 0.05) is 13.0 Å². The summed E-state index contributed by atoms with van der Waals surface area (Å²) >= 11 is 0. The van der Waals surface area contributed by atoms with Crippen molar-refractivity contribution in [3.05, 3.63) is 0 Å². The van der Waals surface area contributed by atoms with Crippen molar-refractivity contribution >= 4 is 5.97 Å². The number of carbonyl (C=O) groups is 1. The van der Waals surface area contributed by atoms with Gasteiger partial charge in [-0.25, -0.2) is 0 Å². The molecule has 0 amide bonds. The fraction of sp³-hybridized carbons (Fsp3) is 0.900. The molecule has 0 aliphatic rings. The molecular weight excluding hydrogens is 184 g/mol. The van der Waals surface area contributed by atoms with Crippen molar-refractivity contribution in [2.24, 2.45) is 17.8 Å². The molecule has 0 fully saturated rings. The molecule has 0 radical (unpaired) electrons. The second-order valence-electron chi connectivity index (χ2n) is 4.03. The third kappa shape index (κ3) is 3.64. The first kappa shape index (κ1) is 13.4. The monoisotopic (exact) mass is 204 g/mol. The number of aliphatic carboxylic acids is 1. The predicted molar refractivity (Wildman–Crippen MR) is 53.0 cm³/mol. The van der Waals surface area contributed by atoms with Crippen molar-refractivity contribution < 1.29 is 19.7 Å². The zero-order valence-corrected chi connectivity index (χ0v) is 9.23. The molecule has 0 rings (SSSR count). The standard InChI is InChI=1S/C10H20O4/c1-6(2)8(10(12)13)9(11)7(3)5-14-4/h6-9,11H,5H2,1-4H3,(H,12,13). The lowest BCUT2D eigenvalue weighted by Gasteiger charge is -2.26. The Kier molecular flexibility index (Phi) is 5.72. The molecule has 0 saturated carbocycles. The van der Waals surface area contributed by atoms with Gasteiger partial charge in [0.1, 0.15) is 0 Å². The largest absolute Gasteiger partial charge is 0.481 e. The van der Waals surface area contributed by atoms with Crippen LogP contribution in [0.3, 0.4) is 0 Å². The first-order chi connectivity index (χ1) is 6.41. The van der Waals surface area contributed by atoms with Crippen LogP contribution in [0, 0.1) is 17.8 Å². The van der Waals surface area contributed by atoms with E-state index in [4.69, 9.17) is 9.84 Å². The molecule has 3 unspecified atom stereocenters. The van der Waals surface area contributed by atoms with Crippen LogP contribution in [0.1, 0.15) is 20.8 Å². The molecule has 0 saturated heterocycles. The summed E-state index contributed by atoms with van der Waals surface area (Å²) in [6.45, 7) is 5.74. The van der Waals surface area contributed by atoms with E-state index in [-0.39, 0.29) is 11.8 Å². The summed E-state index contributed by atoms with van der Waals surface area (Å²) in [5, 5.41) is 18.7. The summed E-state index contributed by atoms with van der Waals surface area (Å²) in [5.74, 6) is -1.92. The highest BCUT2D eigenvalue weighted by atomic mass is 16.5. The van der Waals surface area contributed by atoms with E-state index >= 15 is 0 Å². The zero-order chi connectivity index (χ0) is 11.3. The molecule has 4 nitrogen and oxygen atoms in total. The van der Waals surface area contributed by atoms with Gasteiger partial charge >= 0.3 is 5.97 Å². The number of aliphatic hydroxyl groups is 1. The second-order valence-corrected chi connectivity index (χ2v) is 4.03. The van der Waals surface area contributed by atoms with Gasteiger partial charge in [-0.1, -0.05) is 20.8 Å². The SMILES string of the molecule is COCC(C)C(O)C(C(=O)O)C(C)C. The van der Waals surface area contributed by atoms with Crippen LogP contribution < -0.4 is 0 Å². The number of hydrogen-bond acceptors (Lipinski definition) is 3. The maximum atomic E-state index is 10.9. The molecule has 0 aromatic carbocycles. The topological polar surface area (TPSA) is 66.8 Å². The zero-order valence-electron chi connectivity index (χ0n) is 9.23. The maximum Gasteiger partial charge on any atom is 0.309 e. The molecule has 0 aromatic heterocycles. The second kappa shape index (κ2) is 5.98. The van der Waals surface area contributed by atoms with Crippen LogP contribution >= 0.6 is 0 Å². The number of carboxylic acid groups (broad SMARTS) is 1. The van der Waals surface area contributed by atoms with Gasteiger partial charge in [-0.3, -0.25) is 4.79 Å². The third-order valence-electron chi connectivity index (χ3n) is 2.38. The van der Waals surface area contributed by atoms with E-state index in [1.807, 2.05) is 0 Å². The Morgan fingerprint density at radius 1 is 1.36 bits per heavy atom. The van der Waals surface area contributed by atoms with E-state index < -0.39 is 18.0 Å². The van der Waals surface area contributed by atoms with Crippen molar-refractivity contribution in [1.82, 2.24) is 0 Å². The van der Waals surface area contributed by atoms with Crippen LogP contribution in [-0.2, 0) is 9.53 Å². The molecule has 3 atom stereocenters. The van der Waals surface area contributed by atoms with Crippen LogP contribution in [0.15, 0.2) is 0 Å². The minimum atomic E-state index is -0.949. The van der Waals surface area contributed by atoms with Gasteiger partial charge < -0.3 is 14.9 Å². The van der Waals surface area contributed by atoms with E-state index in [0.717, 1.165) is 0 Å². The molecule has 84 valence electrons. The number of aliphatic hydroxyl groups excluding tert-OH is 1. The van der Waals surface area contributed by atoms with Crippen LogP contribution in [0.2, 0.25) is 0 Å². The summed E-state index contributed by atoms with van der Waals surface area (Å²) in [7, 11) is 1.54. The lowest BCUT2D eigenvalue weighted by molar-refractivity contribution is -0.150. The van der Waals surface area contributed by atoms with Crippen LogP contribution in [0.5, 0.6) is 0 Å². The van der Waals surface area contributed by atoms with Crippen molar-refractivity contribution in [1.29, 1.82) is 0 Å². The molecule has 14 heavy (non-hydrogen) atoms. The van der Waals surface area contributed by atoms with Crippen molar-refractivity contribution in [3.63, 3.8) is 0 Å². The van der Waals surface area contributed by atoms with Gasteiger partial charge in [0.15, 0.2) is 0 Å². The summed E-state index contributed by atoms with van der Waals surface area (Å²) in [6.07, 6.45) is -0.854. The minimum absolute atomic E-state index is 0.0817. The number of methoxy groups -OCH3 is 1. The molecule has 0 spiro atoms. The van der Waals surface area contributed by atoms with E-state index in [9.17, 15) is 9.90 Å². The molecule has 0 heterocycles. The molecule has 0 aliphatic carbocycles. The highest BCUT2D eigenvalue weighted by Gasteiger charge is 2.32. The van der Waals surface area contributed by atoms with Crippen LogP contribution in [0.25, 0.3) is 0 Å². The van der Waals surface area contributed by atoms with Gasteiger partial charge in [-0.15, -0.1) is 0 Å².